The lowest BCUT2D eigenvalue weighted by Gasteiger charge is -2.23. The zero-order chi connectivity index (χ0) is 15.4. The Bertz CT molecular complexity index is 599. The van der Waals surface area contributed by atoms with Gasteiger partial charge in [0.05, 0.1) is 13.2 Å². The maximum Gasteiger partial charge on any atom is 0.119 e. The number of ether oxygens (including phenoxy) is 1. The predicted molar refractivity (Wildman–Crippen MR) is 88.2 cm³/mol. The van der Waals surface area contributed by atoms with Gasteiger partial charge in [-0.1, -0.05) is 36.4 Å². The van der Waals surface area contributed by atoms with Crippen molar-refractivity contribution in [2.24, 2.45) is 0 Å². The highest BCUT2D eigenvalue weighted by Gasteiger charge is 2.17. The van der Waals surface area contributed by atoms with Crippen molar-refractivity contribution in [2.45, 2.75) is 18.9 Å². The second-order valence-electron chi connectivity index (χ2n) is 5.86. The second kappa shape index (κ2) is 6.95. The van der Waals surface area contributed by atoms with E-state index in [2.05, 4.69) is 29.2 Å². The van der Waals surface area contributed by atoms with Crippen LogP contribution in [0.2, 0.25) is 0 Å². The predicted octanol–water partition coefficient (Wildman–Crippen LogP) is 2.83. The third-order valence-corrected chi connectivity index (χ3v) is 4.42. The van der Waals surface area contributed by atoms with Gasteiger partial charge in [-0.2, -0.15) is 0 Å². The van der Waals surface area contributed by atoms with Crippen LogP contribution in [0.25, 0.3) is 0 Å². The SMILES string of the molecule is COc1cccc(C(O)CN2CCc3ccccc3CC2)c1. The van der Waals surface area contributed by atoms with Gasteiger partial charge in [0, 0.05) is 19.6 Å². The number of nitrogens with zero attached hydrogens (tertiary/aromatic N) is 1. The molecule has 1 aliphatic heterocycles. The van der Waals surface area contributed by atoms with E-state index in [1.165, 1.54) is 11.1 Å². The van der Waals surface area contributed by atoms with Gasteiger partial charge < -0.3 is 9.84 Å². The standard InChI is InChI=1S/C19H23NO2/c1-22-18-8-4-7-17(13-18)19(21)14-20-11-9-15-5-2-3-6-16(15)10-12-20/h2-8,13,19,21H,9-12,14H2,1H3. The molecule has 2 aromatic rings. The number of methoxy groups -OCH3 is 1. The smallest absolute Gasteiger partial charge is 0.119 e. The Labute approximate surface area is 132 Å². The summed E-state index contributed by atoms with van der Waals surface area (Å²) in [5.41, 5.74) is 3.81. The Hall–Kier alpha value is -1.84. The lowest BCUT2D eigenvalue weighted by molar-refractivity contribution is 0.115. The zero-order valence-electron chi connectivity index (χ0n) is 13.0. The molecule has 3 heteroatoms. The fourth-order valence-corrected chi connectivity index (χ4v) is 3.10. The molecule has 116 valence electrons. The van der Waals surface area contributed by atoms with Gasteiger partial charge in [0.2, 0.25) is 0 Å². The van der Waals surface area contributed by atoms with Gasteiger partial charge in [0.1, 0.15) is 5.75 Å². The summed E-state index contributed by atoms with van der Waals surface area (Å²) in [6, 6.07) is 16.4. The summed E-state index contributed by atoms with van der Waals surface area (Å²) in [5, 5.41) is 10.5. The first kappa shape index (κ1) is 15.1. The van der Waals surface area contributed by atoms with Gasteiger partial charge in [0.25, 0.3) is 0 Å². The summed E-state index contributed by atoms with van der Waals surface area (Å²) in [7, 11) is 1.65. The Morgan fingerprint density at radius 3 is 2.36 bits per heavy atom. The largest absolute Gasteiger partial charge is 0.497 e. The van der Waals surface area contributed by atoms with Crippen LogP contribution in [-0.2, 0) is 12.8 Å². The Balaban J connectivity index is 1.64. The van der Waals surface area contributed by atoms with E-state index >= 15 is 0 Å². The molecule has 1 atom stereocenters. The first-order valence-corrected chi connectivity index (χ1v) is 7.87. The molecule has 22 heavy (non-hydrogen) atoms. The number of β-amino-alcohol motifs (C(OH)–C–C–N with tert-alkyl or cyclic N) is 1. The summed E-state index contributed by atoms with van der Waals surface area (Å²) in [5.74, 6) is 0.792. The lowest BCUT2D eigenvalue weighted by atomic mass is 10.0. The number of rotatable bonds is 4. The molecule has 0 aromatic heterocycles. The molecule has 0 bridgehead atoms. The van der Waals surface area contributed by atoms with Gasteiger partial charge >= 0.3 is 0 Å². The number of benzene rings is 2. The first-order valence-electron chi connectivity index (χ1n) is 7.87. The van der Waals surface area contributed by atoms with Crippen molar-refractivity contribution in [2.75, 3.05) is 26.7 Å². The van der Waals surface area contributed by atoms with Crippen molar-refractivity contribution in [3.05, 3.63) is 65.2 Å². The first-order chi connectivity index (χ1) is 10.8. The minimum Gasteiger partial charge on any atom is -0.497 e. The maximum atomic E-state index is 10.5. The van der Waals surface area contributed by atoms with E-state index < -0.39 is 6.10 Å². The quantitative estimate of drug-likeness (QED) is 0.942. The molecule has 1 unspecified atom stereocenters. The molecule has 0 spiro atoms. The normalized spacial score (nSPS) is 16.6. The minimum atomic E-state index is -0.476. The van der Waals surface area contributed by atoms with Crippen molar-refractivity contribution >= 4 is 0 Å². The van der Waals surface area contributed by atoms with E-state index in [4.69, 9.17) is 4.74 Å². The molecule has 1 N–H and O–H groups in total. The highest BCUT2D eigenvalue weighted by atomic mass is 16.5. The van der Waals surface area contributed by atoms with E-state index in [0.717, 1.165) is 37.2 Å². The average molecular weight is 297 g/mol. The molecule has 0 aliphatic carbocycles. The van der Waals surface area contributed by atoms with E-state index in [0.29, 0.717) is 6.54 Å². The van der Waals surface area contributed by atoms with Crippen LogP contribution in [0.3, 0.4) is 0 Å². The van der Waals surface area contributed by atoms with Crippen LogP contribution in [0.5, 0.6) is 5.75 Å². The van der Waals surface area contributed by atoms with E-state index in [9.17, 15) is 5.11 Å². The van der Waals surface area contributed by atoms with Crippen molar-refractivity contribution in [3.63, 3.8) is 0 Å². The molecule has 3 rings (SSSR count). The number of aliphatic hydroxyl groups is 1. The average Bonchev–Trinajstić information content (AvgIpc) is 2.77. The summed E-state index contributed by atoms with van der Waals surface area (Å²) >= 11 is 0. The van der Waals surface area contributed by atoms with Gasteiger partial charge in [0.15, 0.2) is 0 Å². The molecule has 1 aliphatic rings. The summed E-state index contributed by atoms with van der Waals surface area (Å²) in [4.78, 5) is 2.35. The third kappa shape index (κ3) is 3.49. The molecule has 0 fully saturated rings. The fourth-order valence-electron chi connectivity index (χ4n) is 3.10. The molecule has 0 saturated heterocycles. The third-order valence-electron chi connectivity index (χ3n) is 4.42. The minimum absolute atomic E-state index is 0.476. The van der Waals surface area contributed by atoms with Crippen LogP contribution in [0.4, 0.5) is 0 Å². The van der Waals surface area contributed by atoms with Crippen molar-refractivity contribution in [1.29, 1.82) is 0 Å². The van der Waals surface area contributed by atoms with Crippen LogP contribution in [0.15, 0.2) is 48.5 Å². The summed E-state index contributed by atoms with van der Waals surface area (Å²) < 4.78 is 5.23. The number of fused-ring (bicyclic) bond motifs is 1. The molecule has 0 amide bonds. The van der Waals surface area contributed by atoms with E-state index in [1.54, 1.807) is 7.11 Å². The maximum absolute atomic E-state index is 10.5. The van der Waals surface area contributed by atoms with Crippen molar-refractivity contribution in [1.82, 2.24) is 4.90 Å². The molecular formula is C19H23NO2. The molecule has 0 saturated carbocycles. The topological polar surface area (TPSA) is 32.7 Å². The lowest BCUT2D eigenvalue weighted by Crippen LogP contribution is -2.31. The number of hydrogen-bond donors (Lipinski definition) is 1. The Morgan fingerprint density at radius 2 is 1.73 bits per heavy atom. The van der Waals surface area contributed by atoms with Crippen LogP contribution in [0.1, 0.15) is 22.8 Å². The number of hydrogen-bond acceptors (Lipinski definition) is 3. The highest BCUT2D eigenvalue weighted by Crippen LogP contribution is 2.22. The van der Waals surface area contributed by atoms with Gasteiger partial charge in [-0.25, -0.2) is 0 Å². The van der Waals surface area contributed by atoms with Crippen LogP contribution >= 0.6 is 0 Å². The fraction of sp³-hybridized carbons (Fsp3) is 0.368. The molecule has 1 heterocycles. The highest BCUT2D eigenvalue weighted by molar-refractivity contribution is 5.30. The molecule has 3 nitrogen and oxygen atoms in total. The van der Waals surface area contributed by atoms with Crippen molar-refractivity contribution < 1.29 is 9.84 Å². The van der Waals surface area contributed by atoms with Gasteiger partial charge in [-0.3, -0.25) is 4.90 Å². The molecule has 0 radical (unpaired) electrons. The van der Waals surface area contributed by atoms with Crippen LogP contribution in [0, 0.1) is 0 Å². The summed E-state index contributed by atoms with van der Waals surface area (Å²) in [6.45, 7) is 2.66. The van der Waals surface area contributed by atoms with Gasteiger partial charge in [-0.05, 0) is 41.7 Å². The van der Waals surface area contributed by atoms with Crippen molar-refractivity contribution in [3.8, 4) is 5.75 Å². The monoisotopic (exact) mass is 297 g/mol. The Morgan fingerprint density at radius 1 is 1.05 bits per heavy atom. The Kier molecular flexibility index (Phi) is 4.76. The number of aliphatic hydroxyl groups excluding tert-OH is 1. The van der Waals surface area contributed by atoms with Gasteiger partial charge in [-0.15, -0.1) is 0 Å². The van der Waals surface area contributed by atoms with Crippen LogP contribution < -0.4 is 4.74 Å². The van der Waals surface area contributed by atoms with Crippen LogP contribution in [-0.4, -0.2) is 36.8 Å². The molecular weight excluding hydrogens is 274 g/mol. The summed E-state index contributed by atoms with van der Waals surface area (Å²) in [6.07, 6.45) is 1.64. The second-order valence-corrected chi connectivity index (χ2v) is 5.86. The zero-order valence-corrected chi connectivity index (χ0v) is 13.0. The molecule has 2 aromatic carbocycles. The van der Waals surface area contributed by atoms with E-state index in [1.807, 2.05) is 24.3 Å². The van der Waals surface area contributed by atoms with E-state index in [-0.39, 0.29) is 0 Å².